The molecule has 0 aliphatic heterocycles. The maximum Gasteiger partial charge on any atom is 0.334 e. The number of hydrogen-bond acceptors (Lipinski definition) is 4. The van der Waals surface area contributed by atoms with Crippen molar-refractivity contribution in [1.82, 2.24) is 4.98 Å². The average Bonchev–Trinajstić information content (AvgIpc) is 2.31. The van der Waals surface area contributed by atoms with E-state index in [1.807, 2.05) is 12.1 Å². The Balaban J connectivity index is 2.44. The van der Waals surface area contributed by atoms with Gasteiger partial charge in [0.05, 0.1) is 8.49 Å². The molecule has 1 aromatic carbocycles. The van der Waals surface area contributed by atoms with Gasteiger partial charge in [-0.2, -0.15) is 0 Å². The largest absolute Gasteiger partial charge is 0.433 e. The molecular weight excluding hydrogens is 347 g/mol. The third kappa shape index (κ3) is 2.58. The summed E-state index contributed by atoms with van der Waals surface area (Å²) in [6.45, 7) is 1.66. The SMILES string of the molecule is Cc1ccnc(Oc2ccccc2I)c1[N+](=O)[O-]. The average molecular weight is 356 g/mol. The lowest BCUT2D eigenvalue weighted by molar-refractivity contribution is -0.386. The van der Waals surface area contributed by atoms with E-state index in [2.05, 4.69) is 27.6 Å². The summed E-state index contributed by atoms with van der Waals surface area (Å²) in [5.41, 5.74) is 0.424. The molecule has 0 aliphatic carbocycles. The molecule has 18 heavy (non-hydrogen) atoms. The summed E-state index contributed by atoms with van der Waals surface area (Å²) < 4.78 is 6.39. The molecule has 0 bridgehead atoms. The Bertz CT molecular complexity index is 602. The van der Waals surface area contributed by atoms with Crippen LogP contribution in [-0.4, -0.2) is 9.91 Å². The number of pyridine rings is 1. The van der Waals surface area contributed by atoms with E-state index >= 15 is 0 Å². The lowest BCUT2D eigenvalue weighted by Crippen LogP contribution is -1.98. The second-order valence-corrected chi connectivity index (χ2v) is 4.73. The molecular formula is C12H9IN2O3. The van der Waals surface area contributed by atoms with Crippen molar-refractivity contribution >= 4 is 28.3 Å². The number of nitro groups is 1. The van der Waals surface area contributed by atoms with Crippen LogP contribution in [0.5, 0.6) is 11.6 Å². The highest BCUT2D eigenvalue weighted by molar-refractivity contribution is 14.1. The maximum absolute atomic E-state index is 11.0. The molecule has 6 heteroatoms. The Kier molecular flexibility index (Phi) is 3.75. The van der Waals surface area contributed by atoms with Gasteiger partial charge in [-0.25, -0.2) is 4.98 Å². The van der Waals surface area contributed by atoms with Crippen LogP contribution < -0.4 is 4.74 Å². The fourth-order valence-electron chi connectivity index (χ4n) is 1.45. The minimum Gasteiger partial charge on any atom is -0.433 e. The van der Waals surface area contributed by atoms with E-state index in [-0.39, 0.29) is 11.6 Å². The molecule has 0 atom stereocenters. The second-order valence-electron chi connectivity index (χ2n) is 3.57. The molecule has 0 saturated heterocycles. The topological polar surface area (TPSA) is 65.3 Å². The van der Waals surface area contributed by atoms with E-state index in [4.69, 9.17) is 4.74 Å². The Morgan fingerprint density at radius 2 is 2.06 bits per heavy atom. The third-order valence-electron chi connectivity index (χ3n) is 2.32. The maximum atomic E-state index is 11.0. The van der Waals surface area contributed by atoms with Gasteiger partial charge in [-0.15, -0.1) is 0 Å². The standard InChI is InChI=1S/C12H9IN2O3/c1-8-6-7-14-12(11(8)15(16)17)18-10-5-3-2-4-9(10)13/h2-7H,1H3. The van der Waals surface area contributed by atoms with Crippen molar-refractivity contribution in [2.45, 2.75) is 6.92 Å². The number of benzene rings is 1. The number of hydrogen-bond donors (Lipinski definition) is 0. The Hall–Kier alpha value is -1.70. The zero-order valence-corrected chi connectivity index (χ0v) is 11.6. The normalized spacial score (nSPS) is 10.1. The van der Waals surface area contributed by atoms with Gasteiger partial charge in [0.15, 0.2) is 0 Å². The summed E-state index contributed by atoms with van der Waals surface area (Å²) in [7, 11) is 0. The molecule has 92 valence electrons. The fourth-order valence-corrected chi connectivity index (χ4v) is 1.95. The van der Waals surface area contributed by atoms with E-state index in [0.29, 0.717) is 11.3 Å². The van der Waals surface area contributed by atoms with Crippen molar-refractivity contribution in [3.8, 4) is 11.6 Å². The highest BCUT2D eigenvalue weighted by atomic mass is 127. The molecule has 5 nitrogen and oxygen atoms in total. The zero-order chi connectivity index (χ0) is 13.1. The minimum atomic E-state index is -0.479. The van der Waals surface area contributed by atoms with E-state index in [1.54, 1.807) is 25.1 Å². The number of rotatable bonds is 3. The summed E-state index contributed by atoms with van der Waals surface area (Å²) in [6, 6.07) is 8.86. The van der Waals surface area contributed by atoms with Gasteiger partial charge in [-0.3, -0.25) is 10.1 Å². The molecule has 1 heterocycles. The Morgan fingerprint density at radius 1 is 1.33 bits per heavy atom. The van der Waals surface area contributed by atoms with Crippen LogP contribution in [0.4, 0.5) is 5.69 Å². The molecule has 0 saturated carbocycles. The van der Waals surface area contributed by atoms with Gasteiger partial charge in [-0.05, 0) is 47.7 Å². The summed E-state index contributed by atoms with van der Waals surface area (Å²) in [5.74, 6) is 0.573. The number of para-hydroxylation sites is 1. The van der Waals surface area contributed by atoms with Gasteiger partial charge >= 0.3 is 5.69 Å². The summed E-state index contributed by atoms with van der Waals surface area (Å²) in [4.78, 5) is 14.5. The number of aromatic nitrogens is 1. The van der Waals surface area contributed by atoms with Crippen LogP contribution >= 0.6 is 22.6 Å². The van der Waals surface area contributed by atoms with Gasteiger partial charge in [0.25, 0.3) is 5.88 Å². The monoisotopic (exact) mass is 356 g/mol. The molecule has 0 radical (unpaired) electrons. The van der Waals surface area contributed by atoms with Crippen LogP contribution in [0.25, 0.3) is 0 Å². The van der Waals surface area contributed by atoms with Crippen molar-refractivity contribution in [1.29, 1.82) is 0 Å². The number of nitrogens with zero attached hydrogens (tertiary/aromatic N) is 2. The van der Waals surface area contributed by atoms with Gasteiger partial charge in [-0.1, -0.05) is 12.1 Å². The lowest BCUT2D eigenvalue weighted by Gasteiger charge is -2.07. The van der Waals surface area contributed by atoms with Crippen LogP contribution in [0, 0.1) is 20.6 Å². The van der Waals surface area contributed by atoms with Crippen molar-refractivity contribution in [2.75, 3.05) is 0 Å². The predicted molar refractivity (Wildman–Crippen MR) is 74.9 cm³/mol. The van der Waals surface area contributed by atoms with Crippen molar-refractivity contribution in [3.63, 3.8) is 0 Å². The molecule has 0 unspecified atom stereocenters. The molecule has 1 aromatic heterocycles. The van der Waals surface area contributed by atoms with E-state index < -0.39 is 4.92 Å². The van der Waals surface area contributed by atoms with Crippen LogP contribution in [0.15, 0.2) is 36.5 Å². The quantitative estimate of drug-likeness (QED) is 0.478. The highest BCUT2D eigenvalue weighted by Crippen LogP contribution is 2.33. The molecule has 0 aliphatic rings. The Labute approximate surface area is 117 Å². The zero-order valence-electron chi connectivity index (χ0n) is 9.46. The molecule has 0 spiro atoms. The first-order valence-electron chi connectivity index (χ1n) is 5.12. The fraction of sp³-hybridized carbons (Fsp3) is 0.0833. The van der Waals surface area contributed by atoms with Crippen molar-refractivity contribution in [2.24, 2.45) is 0 Å². The first-order chi connectivity index (χ1) is 8.59. The summed E-state index contributed by atoms with van der Waals surface area (Å²) in [5, 5.41) is 11.0. The first-order valence-corrected chi connectivity index (χ1v) is 6.20. The molecule has 2 rings (SSSR count). The molecule has 2 aromatic rings. The van der Waals surface area contributed by atoms with E-state index in [9.17, 15) is 10.1 Å². The number of ether oxygens (including phenoxy) is 1. The predicted octanol–water partition coefficient (Wildman–Crippen LogP) is 3.70. The number of aryl methyl sites for hydroxylation is 1. The van der Waals surface area contributed by atoms with Gasteiger partial charge in [0.2, 0.25) is 0 Å². The number of halogens is 1. The Morgan fingerprint density at radius 3 is 2.72 bits per heavy atom. The summed E-state index contributed by atoms with van der Waals surface area (Å²) >= 11 is 2.10. The van der Waals surface area contributed by atoms with Crippen LogP contribution in [0.1, 0.15) is 5.56 Å². The minimum absolute atomic E-state index is 0.0177. The lowest BCUT2D eigenvalue weighted by atomic mass is 10.2. The second kappa shape index (κ2) is 5.30. The van der Waals surface area contributed by atoms with E-state index in [0.717, 1.165) is 3.57 Å². The van der Waals surface area contributed by atoms with Crippen LogP contribution in [0.2, 0.25) is 0 Å². The molecule has 0 N–H and O–H groups in total. The highest BCUT2D eigenvalue weighted by Gasteiger charge is 2.21. The van der Waals surface area contributed by atoms with Crippen molar-refractivity contribution in [3.05, 3.63) is 55.8 Å². The summed E-state index contributed by atoms with van der Waals surface area (Å²) in [6.07, 6.45) is 1.49. The van der Waals surface area contributed by atoms with Crippen LogP contribution in [-0.2, 0) is 0 Å². The van der Waals surface area contributed by atoms with E-state index in [1.165, 1.54) is 6.20 Å². The van der Waals surface area contributed by atoms with Gasteiger partial charge < -0.3 is 4.74 Å². The van der Waals surface area contributed by atoms with Crippen LogP contribution in [0.3, 0.4) is 0 Å². The van der Waals surface area contributed by atoms with Crippen molar-refractivity contribution < 1.29 is 9.66 Å². The van der Waals surface area contributed by atoms with Gasteiger partial charge in [0, 0.05) is 11.8 Å². The molecule has 0 fully saturated rings. The smallest absolute Gasteiger partial charge is 0.334 e. The first kappa shape index (κ1) is 12.7. The third-order valence-corrected chi connectivity index (χ3v) is 3.21. The molecule has 0 amide bonds. The van der Waals surface area contributed by atoms with Gasteiger partial charge in [0.1, 0.15) is 5.75 Å².